The van der Waals surface area contributed by atoms with Gasteiger partial charge >= 0.3 is 0 Å². The summed E-state index contributed by atoms with van der Waals surface area (Å²) in [7, 11) is 0. The van der Waals surface area contributed by atoms with E-state index in [1.807, 2.05) is 24.3 Å². The number of fused-ring (bicyclic) bond motifs is 5. The third kappa shape index (κ3) is 3.24. The van der Waals surface area contributed by atoms with Crippen LogP contribution >= 0.6 is 11.3 Å². The van der Waals surface area contributed by atoms with E-state index < -0.39 is 17.2 Å². The monoisotopic (exact) mass is 426 g/mol. The lowest BCUT2D eigenvalue weighted by Crippen LogP contribution is -2.42. The van der Waals surface area contributed by atoms with Crippen molar-refractivity contribution in [2.24, 2.45) is 0 Å². The van der Waals surface area contributed by atoms with Gasteiger partial charge in [0.15, 0.2) is 0 Å². The van der Waals surface area contributed by atoms with Gasteiger partial charge in [0.1, 0.15) is 21.9 Å². The van der Waals surface area contributed by atoms with Crippen LogP contribution in [0.2, 0.25) is 0 Å². The Hall–Kier alpha value is -2.88. The van der Waals surface area contributed by atoms with Crippen LogP contribution in [-0.2, 0) is 4.74 Å². The first kappa shape index (κ1) is 19.1. The quantitative estimate of drug-likeness (QED) is 0.542. The molecule has 1 saturated heterocycles. The lowest BCUT2D eigenvalue weighted by Gasteiger charge is -2.26. The Morgan fingerprint density at radius 3 is 2.90 bits per heavy atom. The molecule has 0 unspecified atom stereocenters. The average molecular weight is 426 g/mol. The van der Waals surface area contributed by atoms with Gasteiger partial charge in [0, 0.05) is 26.2 Å². The number of rotatable bonds is 4. The lowest BCUT2D eigenvalue weighted by atomic mass is 10.1. The van der Waals surface area contributed by atoms with E-state index in [0.717, 1.165) is 35.6 Å². The second-order valence-corrected chi connectivity index (χ2v) is 8.18. The number of amides is 1. The smallest absolute Gasteiger partial charge is 0.258 e. The van der Waals surface area contributed by atoms with Crippen LogP contribution in [0.1, 0.15) is 10.4 Å². The molecule has 0 spiro atoms. The van der Waals surface area contributed by atoms with Crippen LogP contribution in [-0.4, -0.2) is 59.6 Å². The molecule has 0 bridgehead atoms. The third-order valence-electron chi connectivity index (χ3n) is 5.29. The summed E-state index contributed by atoms with van der Waals surface area (Å²) in [6, 6.07) is 8.74. The van der Waals surface area contributed by atoms with Crippen LogP contribution in [0.25, 0.3) is 26.1 Å². The van der Waals surface area contributed by atoms with Crippen molar-refractivity contribution < 1.29 is 13.9 Å². The summed E-state index contributed by atoms with van der Waals surface area (Å²) in [6.07, 6.45) is 1.09. The zero-order valence-corrected chi connectivity index (χ0v) is 16.9. The molecule has 1 aromatic carbocycles. The number of ether oxygens (including phenoxy) is 1. The van der Waals surface area contributed by atoms with Gasteiger partial charge < -0.3 is 10.1 Å². The van der Waals surface area contributed by atoms with E-state index in [1.54, 1.807) is 4.40 Å². The maximum Gasteiger partial charge on any atom is 0.258 e. The molecule has 1 aliphatic heterocycles. The van der Waals surface area contributed by atoms with Crippen molar-refractivity contribution in [1.29, 1.82) is 0 Å². The van der Waals surface area contributed by atoms with Crippen molar-refractivity contribution in [2.45, 2.75) is 0 Å². The molecular weight excluding hydrogens is 407 g/mol. The molecule has 1 fully saturated rings. The number of carbonyl (C=O) groups is 1. The van der Waals surface area contributed by atoms with Crippen molar-refractivity contribution >= 4 is 43.3 Å². The molecule has 154 valence electrons. The Bertz CT molecular complexity index is 1330. The highest BCUT2D eigenvalue weighted by molar-refractivity contribution is 7.24. The average Bonchev–Trinajstić information content (AvgIpc) is 3.14. The summed E-state index contributed by atoms with van der Waals surface area (Å²) in [5.74, 6) is -1.07. The molecule has 0 saturated carbocycles. The molecule has 4 heterocycles. The summed E-state index contributed by atoms with van der Waals surface area (Å²) in [6.45, 7) is 4.09. The Kier molecular flexibility index (Phi) is 4.93. The van der Waals surface area contributed by atoms with Crippen LogP contribution < -0.4 is 10.7 Å². The number of para-hydroxylation sites is 1. The van der Waals surface area contributed by atoms with E-state index in [2.05, 4.69) is 15.2 Å². The number of thiazole rings is 1. The Morgan fingerprint density at radius 2 is 2.07 bits per heavy atom. The Labute approximate surface area is 174 Å². The van der Waals surface area contributed by atoms with Crippen LogP contribution in [0.15, 0.2) is 41.3 Å². The van der Waals surface area contributed by atoms with Crippen molar-refractivity contribution in [3.05, 3.63) is 58.1 Å². The fourth-order valence-corrected chi connectivity index (χ4v) is 4.99. The molecule has 3 aromatic heterocycles. The highest BCUT2D eigenvalue weighted by atomic mass is 32.1. The minimum atomic E-state index is -0.613. The molecule has 30 heavy (non-hydrogen) atoms. The second kappa shape index (κ2) is 7.75. The first-order valence-corrected chi connectivity index (χ1v) is 10.5. The lowest BCUT2D eigenvalue weighted by molar-refractivity contribution is 0.0383. The number of hydrogen-bond acceptors (Lipinski definition) is 6. The highest BCUT2D eigenvalue weighted by Crippen LogP contribution is 2.30. The van der Waals surface area contributed by atoms with Crippen molar-refractivity contribution in [3.63, 3.8) is 0 Å². The predicted octanol–water partition coefficient (Wildman–Crippen LogP) is 2.26. The summed E-state index contributed by atoms with van der Waals surface area (Å²) in [5.41, 5.74) is 0.688. The zero-order valence-electron chi connectivity index (χ0n) is 16.1. The maximum absolute atomic E-state index is 13.9. The molecular formula is C21H19FN4O3S. The van der Waals surface area contributed by atoms with E-state index in [9.17, 15) is 14.0 Å². The molecule has 0 atom stereocenters. The van der Waals surface area contributed by atoms with Gasteiger partial charge in [-0.05, 0) is 18.2 Å². The van der Waals surface area contributed by atoms with Gasteiger partial charge in [0.2, 0.25) is 5.43 Å². The minimum Gasteiger partial charge on any atom is -0.379 e. The molecule has 1 N–H and O–H groups in total. The van der Waals surface area contributed by atoms with E-state index in [0.29, 0.717) is 36.8 Å². The van der Waals surface area contributed by atoms with Gasteiger partial charge in [-0.3, -0.25) is 18.9 Å². The van der Waals surface area contributed by atoms with Crippen LogP contribution in [0.4, 0.5) is 4.39 Å². The maximum atomic E-state index is 13.9. The molecule has 7 nitrogen and oxygen atoms in total. The highest BCUT2D eigenvalue weighted by Gasteiger charge is 2.23. The molecule has 9 heteroatoms. The van der Waals surface area contributed by atoms with Crippen molar-refractivity contribution in [1.82, 2.24) is 19.6 Å². The van der Waals surface area contributed by atoms with Gasteiger partial charge in [0.05, 0.1) is 35.0 Å². The number of morpholine rings is 1. The number of halogens is 1. The largest absolute Gasteiger partial charge is 0.379 e. The van der Waals surface area contributed by atoms with E-state index in [-0.39, 0.29) is 10.9 Å². The molecule has 0 aliphatic carbocycles. The molecule has 0 radical (unpaired) electrons. The molecule has 1 aliphatic rings. The van der Waals surface area contributed by atoms with Gasteiger partial charge in [-0.1, -0.05) is 12.1 Å². The Balaban J connectivity index is 1.60. The fraction of sp³-hybridized carbons (Fsp3) is 0.286. The number of aromatic nitrogens is 2. The number of nitrogens with one attached hydrogen (secondary N) is 1. The number of carbonyl (C=O) groups excluding carboxylic acids is 1. The van der Waals surface area contributed by atoms with Crippen molar-refractivity contribution in [3.8, 4) is 0 Å². The van der Waals surface area contributed by atoms with Gasteiger partial charge in [-0.25, -0.2) is 9.37 Å². The summed E-state index contributed by atoms with van der Waals surface area (Å²) >= 11 is 1.35. The summed E-state index contributed by atoms with van der Waals surface area (Å²) in [4.78, 5) is 33.1. The van der Waals surface area contributed by atoms with E-state index in [1.165, 1.54) is 11.3 Å². The first-order valence-electron chi connectivity index (χ1n) is 9.73. The van der Waals surface area contributed by atoms with E-state index in [4.69, 9.17) is 4.74 Å². The SMILES string of the molecule is O=C(NCCN1CCOCC1)c1c(=O)c2cc(F)cnc2n2c1sc1ccccc12. The summed E-state index contributed by atoms with van der Waals surface area (Å²) in [5, 5.41) is 2.95. The van der Waals surface area contributed by atoms with Crippen molar-refractivity contribution in [2.75, 3.05) is 39.4 Å². The third-order valence-corrected chi connectivity index (χ3v) is 6.44. The van der Waals surface area contributed by atoms with Gasteiger partial charge in [-0.2, -0.15) is 0 Å². The molecule has 1 amide bonds. The predicted molar refractivity (Wildman–Crippen MR) is 114 cm³/mol. The topological polar surface area (TPSA) is 75.9 Å². The van der Waals surface area contributed by atoms with Crippen LogP contribution in [0.3, 0.4) is 0 Å². The normalized spacial score (nSPS) is 15.2. The van der Waals surface area contributed by atoms with E-state index >= 15 is 0 Å². The fourth-order valence-electron chi connectivity index (χ4n) is 3.81. The molecule has 4 aromatic rings. The van der Waals surface area contributed by atoms with Gasteiger partial charge in [0.25, 0.3) is 5.91 Å². The number of hydrogen-bond donors (Lipinski definition) is 1. The number of pyridine rings is 2. The van der Waals surface area contributed by atoms with Crippen LogP contribution in [0.5, 0.6) is 0 Å². The Morgan fingerprint density at radius 1 is 1.27 bits per heavy atom. The number of nitrogens with zero attached hydrogens (tertiary/aromatic N) is 3. The molecule has 5 rings (SSSR count). The zero-order chi connectivity index (χ0) is 20.7. The van der Waals surface area contributed by atoms with Gasteiger partial charge in [-0.15, -0.1) is 11.3 Å². The number of benzene rings is 1. The standard InChI is InChI=1S/C21H19FN4O3S/c22-13-11-14-18(27)17(20(28)23-5-6-25-7-9-29-10-8-25)21-26(19(14)24-12-13)15-3-1-2-4-16(15)30-21/h1-4,11-12H,5-10H2,(H,23,28). The first-order chi connectivity index (χ1) is 14.6. The van der Waals surface area contributed by atoms with Crippen LogP contribution in [0, 0.1) is 5.82 Å². The minimum absolute atomic E-state index is 0.0260. The summed E-state index contributed by atoms with van der Waals surface area (Å²) < 4.78 is 21.9. The second-order valence-electron chi connectivity index (χ2n) is 7.15.